The molecule has 0 unspecified atom stereocenters. The van der Waals surface area contributed by atoms with Crippen LogP contribution >= 0.6 is 0 Å². The predicted octanol–water partition coefficient (Wildman–Crippen LogP) is 2.22. The minimum absolute atomic E-state index is 0.0134. The Labute approximate surface area is 484 Å². The molecule has 1 saturated heterocycles. The standard InChI is InChI=1S/C57H91N11O13S/c1-38-39(2)51(40(3)43-32-57(10,11)81-50(38)43)82(77,78)63-54(59)61-23-15-16-44(52(74)60-22-14-13-17-47(71)64(12)33-41-18-20-42(21-19-41)53(75)76)62-46(70)35-66-26-30-67(36-48(72)79-55(4,5)6)28-24-65(34-45(58)69)25-29-68(31-27-66)37-49(73)80-56(7,8)9/h18-21,44H,13-17,22-37H2,1-12H3,(H2,58,69)(H,60,74)(H,62,70)(H,75,76)(H3,59,61,63)/t44-/m0/s1. The second-order valence-electron chi connectivity index (χ2n) is 23.9. The quantitative estimate of drug-likeness (QED) is 0.0380. The highest BCUT2D eigenvalue weighted by Gasteiger charge is 2.37. The number of carboxylic acid groups (broad SMARTS) is 1. The molecule has 2 aliphatic rings. The maximum Gasteiger partial charge on any atom is 0.335 e. The van der Waals surface area contributed by atoms with Crippen molar-refractivity contribution >= 4 is 57.5 Å². The molecule has 2 aromatic carbocycles. The van der Waals surface area contributed by atoms with Gasteiger partial charge in [0.25, 0.3) is 10.0 Å². The van der Waals surface area contributed by atoms with E-state index in [1.165, 1.54) is 12.1 Å². The zero-order chi connectivity index (χ0) is 61.3. The summed E-state index contributed by atoms with van der Waals surface area (Å²) in [5, 5.41) is 15.0. The number of benzene rings is 2. The molecular formula is C57H91N11O13S. The lowest BCUT2D eigenvalue weighted by Crippen LogP contribution is -2.52. The molecule has 0 aliphatic carbocycles. The van der Waals surface area contributed by atoms with Crippen molar-refractivity contribution in [3.63, 3.8) is 0 Å². The first-order valence-corrected chi connectivity index (χ1v) is 29.5. The molecule has 1 atom stereocenters. The van der Waals surface area contributed by atoms with Crippen LogP contribution in [-0.2, 0) is 61.2 Å². The van der Waals surface area contributed by atoms with Gasteiger partial charge in [-0.1, -0.05) is 12.1 Å². The normalized spacial score (nSPS) is 16.6. The first-order valence-electron chi connectivity index (χ1n) is 28.0. The van der Waals surface area contributed by atoms with Crippen molar-refractivity contribution in [1.82, 2.24) is 39.9 Å². The first-order chi connectivity index (χ1) is 38.1. The van der Waals surface area contributed by atoms with Crippen LogP contribution in [0.15, 0.2) is 34.2 Å². The van der Waals surface area contributed by atoms with E-state index in [0.717, 1.165) is 11.1 Å². The van der Waals surface area contributed by atoms with Crippen molar-refractivity contribution in [2.45, 2.75) is 149 Å². The van der Waals surface area contributed by atoms with E-state index in [1.807, 2.05) is 40.4 Å². The number of carbonyl (C=O) groups is 7. The fraction of sp³-hybridized carbons (Fsp3) is 0.649. The van der Waals surface area contributed by atoms with Crippen molar-refractivity contribution in [3.8, 4) is 5.75 Å². The van der Waals surface area contributed by atoms with Gasteiger partial charge in [0.15, 0.2) is 0 Å². The van der Waals surface area contributed by atoms with Gasteiger partial charge in [-0.15, -0.1) is 0 Å². The highest BCUT2D eigenvalue weighted by molar-refractivity contribution is 7.90. The average Bonchev–Trinajstić information content (AvgIpc) is 3.38. The third kappa shape index (κ3) is 23.1. The molecule has 0 saturated carbocycles. The summed E-state index contributed by atoms with van der Waals surface area (Å²) < 4.78 is 47.7. The Balaban J connectivity index is 1.52. The number of unbranched alkanes of at least 4 members (excludes halogenated alkanes) is 1. The number of primary amides is 1. The van der Waals surface area contributed by atoms with Crippen molar-refractivity contribution in [2.24, 2.45) is 16.5 Å². The van der Waals surface area contributed by atoms with Gasteiger partial charge in [-0.05, 0) is 136 Å². The number of nitrogens with one attached hydrogen (secondary N) is 3. The number of guanidine groups is 1. The lowest BCUT2D eigenvalue weighted by Gasteiger charge is -2.34. The molecule has 2 aromatic rings. The van der Waals surface area contributed by atoms with E-state index in [0.29, 0.717) is 81.0 Å². The number of sulfonamides is 1. The molecule has 1 fully saturated rings. The number of hydrogen-bond donors (Lipinski definition) is 6. The van der Waals surface area contributed by atoms with Gasteiger partial charge in [0.2, 0.25) is 29.6 Å². The van der Waals surface area contributed by atoms with Crippen molar-refractivity contribution < 1.29 is 61.3 Å². The number of nitrogens with zero attached hydrogens (tertiary/aromatic N) is 6. The molecule has 25 heteroatoms. The third-order valence-corrected chi connectivity index (χ3v) is 15.4. The van der Waals surface area contributed by atoms with Crippen LogP contribution in [0.5, 0.6) is 5.75 Å². The van der Waals surface area contributed by atoms with E-state index < -0.39 is 68.5 Å². The van der Waals surface area contributed by atoms with E-state index in [1.54, 1.807) is 79.5 Å². The summed E-state index contributed by atoms with van der Waals surface area (Å²) in [6.07, 6.45) is 1.85. The van der Waals surface area contributed by atoms with Crippen LogP contribution in [-0.4, -0.2) is 207 Å². The second kappa shape index (κ2) is 30.2. The van der Waals surface area contributed by atoms with Crippen LogP contribution in [0, 0.1) is 20.8 Å². The molecular weight excluding hydrogens is 1080 g/mol. The molecule has 4 amide bonds. The largest absolute Gasteiger partial charge is 0.487 e. The summed E-state index contributed by atoms with van der Waals surface area (Å²) in [5.74, 6) is -3.28. The van der Waals surface area contributed by atoms with E-state index in [4.69, 9.17) is 25.7 Å². The van der Waals surface area contributed by atoms with Crippen molar-refractivity contribution in [2.75, 3.05) is 98.7 Å². The molecule has 4 rings (SSSR count). The average molecular weight is 1170 g/mol. The molecule has 8 N–H and O–H groups in total. The number of aromatic carboxylic acids is 1. The number of fused-ring (bicyclic) bond motifs is 1. The zero-order valence-electron chi connectivity index (χ0n) is 50.3. The van der Waals surface area contributed by atoms with Gasteiger partial charge in [-0.3, -0.25) is 53.4 Å². The number of carboxylic acids is 1. The molecule has 0 radical (unpaired) electrons. The molecule has 0 spiro atoms. The van der Waals surface area contributed by atoms with Gasteiger partial charge >= 0.3 is 17.9 Å². The second-order valence-corrected chi connectivity index (χ2v) is 25.5. The van der Waals surface area contributed by atoms with Crippen LogP contribution in [0.2, 0.25) is 0 Å². The Morgan fingerprint density at radius 2 is 1.27 bits per heavy atom. The van der Waals surface area contributed by atoms with E-state index in [2.05, 4.69) is 20.3 Å². The Bertz CT molecular complexity index is 2680. The molecule has 0 bridgehead atoms. The number of hydrogen-bond acceptors (Lipinski definition) is 17. The zero-order valence-corrected chi connectivity index (χ0v) is 51.1. The summed E-state index contributed by atoms with van der Waals surface area (Å²) >= 11 is 0. The highest BCUT2D eigenvalue weighted by atomic mass is 32.2. The molecule has 2 aliphatic heterocycles. The van der Waals surface area contributed by atoms with Gasteiger partial charge in [0.1, 0.15) is 28.6 Å². The molecule has 2 heterocycles. The fourth-order valence-corrected chi connectivity index (χ4v) is 11.2. The number of ether oxygens (including phenoxy) is 3. The first kappa shape index (κ1) is 68.1. The number of esters is 2. The smallest absolute Gasteiger partial charge is 0.335 e. The van der Waals surface area contributed by atoms with Crippen LogP contribution < -0.4 is 31.6 Å². The third-order valence-electron chi connectivity index (χ3n) is 13.8. The lowest BCUT2D eigenvalue weighted by atomic mass is 9.94. The van der Waals surface area contributed by atoms with E-state index in [-0.39, 0.29) is 100 Å². The summed E-state index contributed by atoms with van der Waals surface area (Å²) in [6.45, 7) is 22.4. The summed E-state index contributed by atoms with van der Waals surface area (Å²) in [6, 6.07) is 5.19. The topological polar surface area (TPSA) is 318 Å². The van der Waals surface area contributed by atoms with E-state index >= 15 is 0 Å². The molecule has 0 aromatic heterocycles. The summed E-state index contributed by atoms with van der Waals surface area (Å²) in [4.78, 5) is 104. The van der Waals surface area contributed by atoms with Crippen LogP contribution in [0.25, 0.3) is 0 Å². The van der Waals surface area contributed by atoms with E-state index in [9.17, 15) is 47.1 Å². The number of carbonyl (C=O) groups excluding carboxylic acids is 6. The van der Waals surface area contributed by atoms with Gasteiger partial charge in [0, 0.05) is 97.4 Å². The number of amides is 4. The highest BCUT2D eigenvalue weighted by Crippen LogP contribution is 2.43. The molecule has 458 valence electrons. The molecule has 82 heavy (non-hydrogen) atoms. The summed E-state index contributed by atoms with van der Waals surface area (Å²) in [7, 11) is -2.54. The SMILES string of the molecule is Cc1c(C)c(S(=O)(=O)NC(N)=NCCC[C@H](NC(=O)CN2CCN(CC(=O)OC(C)(C)C)CCN(CC(N)=O)CCN(CC(=O)OC(C)(C)C)CC2)C(=O)NCCCCC(=O)N(C)Cc2ccc(C(=O)O)cc2)c(C)c2c1OC(C)(C)C2. The Morgan fingerprint density at radius 1 is 0.756 bits per heavy atom. The van der Waals surface area contributed by atoms with Crippen molar-refractivity contribution in [1.29, 1.82) is 0 Å². The van der Waals surface area contributed by atoms with Crippen LogP contribution in [0.4, 0.5) is 0 Å². The number of nitrogens with two attached hydrogens (primary N) is 2. The maximum atomic E-state index is 14.2. The molecule has 24 nitrogen and oxygen atoms in total. The Morgan fingerprint density at radius 3 is 1.77 bits per heavy atom. The Kier molecular flexibility index (Phi) is 25.1. The fourth-order valence-electron chi connectivity index (χ4n) is 9.66. The number of rotatable bonds is 24. The maximum absolute atomic E-state index is 14.2. The monoisotopic (exact) mass is 1170 g/mol. The number of aliphatic imine (C=N–C) groups is 1. The van der Waals surface area contributed by atoms with Gasteiger partial charge in [0.05, 0.1) is 36.6 Å². The lowest BCUT2D eigenvalue weighted by molar-refractivity contribution is -0.157. The van der Waals surface area contributed by atoms with Crippen molar-refractivity contribution in [3.05, 3.63) is 57.6 Å². The Hall–Kier alpha value is -6.41. The van der Waals surface area contributed by atoms with Gasteiger partial charge < -0.3 is 46.3 Å². The predicted molar refractivity (Wildman–Crippen MR) is 310 cm³/mol. The van der Waals surface area contributed by atoms with Gasteiger partial charge in [-0.25, -0.2) is 17.9 Å². The minimum Gasteiger partial charge on any atom is -0.487 e. The van der Waals surface area contributed by atoms with Crippen LogP contribution in [0.3, 0.4) is 0 Å². The van der Waals surface area contributed by atoms with Crippen LogP contribution in [0.1, 0.15) is 126 Å². The minimum atomic E-state index is -4.20. The summed E-state index contributed by atoms with van der Waals surface area (Å²) in [5.41, 5.74) is 13.4. The van der Waals surface area contributed by atoms with Gasteiger partial charge in [-0.2, -0.15) is 0 Å².